The van der Waals surface area contributed by atoms with E-state index in [0.717, 1.165) is 34.1 Å². The molecular formula is C50H48N2. The molecule has 0 heterocycles. The highest BCUT2D eigenvalue weighted by molar-refractivity contribution is 6.24. The third-order valence-corrected chi connectivity index (χ3v) is 10.5. The lowest BCUT2D eigenvalue weighted by Crippen LogP contribution is -2.13. The predicted molar refractivity (Wildman–Crippen MR) is 226 cm³/mol. The number of benzene rings is 8. The van der Waals surface area contributed by atoms with Gasteiger partial charge in [0.2, 0.25) is 0 Å². The molecule has 0 bridgehead atoms. The van der Waals surface area contributed by atoms with Crippen molar-refractivity contribution in [1.82, 2.24) is 0 Å². The van der Waals surface area contributed by atoms with Crippen LogP contribution >= 0.6 is 0 Å². The first-order valence-corrected chi connectivity index (χ1v) is 18.5. The van der Waals surface area contributed by atoms with Gasteiger partial charge >= 0.3 is 0 Å². The highest BCUT2D eigenvalue weighted by Crippen LogP contribution is 2.45. The van der Waals surface area contributed by atoms with Crippen LogP contribution in [-0.4, -0.2) is 0 Å². The Morgan fingerprint density at radius 3 is 0.942 bits per heavy atom. The van der Waals surface area contributed by atoms with Crippen LogP contribution in [0.2, 0.25) is 0 Å². The normalized spacial score (nSPS) is 12.2. The minimum absolute atomic E-state index is 0.0944. The van der Waals surface area contributed by atoms with E-state index in [-0.39, 0.29) is 10.8 Å². The van der Waals surface area contributed by atoms with Crippen LogP contribution in [0.25, 0.3) is 32.3 Å². The van der Waals surface area contributed by atoms with E-state index in [2.05, 4.69) is 211 Å². The summed E-state index contributed by atoms with van der Waals surface area (Å²) < 4.78 is 0. The second-order valence-electron chi connectivity index (χ2n) is 16.6. The van der Waals surface area contributed by atoms with Crippen LogP contribution in [0.15, 0.2) is 146 Å². The zero-order valence-electron chi connectivity index (χ0n) is 31.8. The van der Waals surface area contributed by atoms with Crippen LogP contribution in [0.3, 0.4) is 0 Å². The quantitative estimate of drug-likeness (QED) is 0.162. The fraction of sp³-hybridized carbons (Fsp3) is 0.200. The minimum Gasteiger partial charge on any atom is -0.310 e. The second-order valence-corrected chi connectivity index (χ2v) is 16.6. The van der Waals surface area contributed by atoms with Gasteiger partial charge in [-0.05, 0) is 152 Å². The van der Waals surface area contributed by atoms with Gasteiger partial charge in [0.1, 0.15) is 0 Å². The molecule has 0 fully saturated rings. The molecule has 258 valence electrons. The van der Waals surface area contributed by atoms with Gasteiger partial charge in [-0.1, -0.05) is 114 Å². The van der Waals surface area contributed by atoms with Crippen LogP contribution < -0.4 is 9.80 Å². The van der Waals surface area contributed by atoms with Gasteiger partial charge in [-0.25, -0.2) is 0 Å². The van der Waals surface area contributed by atoms with Gasteiger partial charge in [0.15, 0.2) is 0 Å². The fourth-order valence-corrected chi connectivity index (χ4v) is 7.71. The fourth-order valence-electron chi connectivity index (χ4n) is 7.71. The molecule has 2 heteroatoms. The Hall–Kier alpha value is -5.60. The maximum absolute atomic E-state index is 2.40. The van der Waals surface area contributed by atoms with Crippen molar-refractivity contribution in [3.8, 4) is 0 Å². The predicted octanol–water partition coefficient (Wildman–Crippen LogP) is 14.7. The van der Waals surface area contributed by atoms with Gasteiger partial charge in [-0.15, -0.1) is 0 Å². The average molecular weight is 677 g/mol. The smallest absolute Gasteiger partial charge is 0.0473 e. The Balaban J connectivity index is 1.28. The van der Waals surface area contributed by atoms with Crippen LogP contribution in [-0.2, 0) is 10.8 Å². The lowest BCUT2D eigenvalue weighted by atomic mass is 9.87. The van der Waals surface area contributed by atoms with E-state index in [4.69, 9.17) is 0 Å². The molecule has 0 N–H and O–H groups in total. The summed E-state index contributed by atoms with van der Waals surface area (Å²) in [6.07, 6.45) is 0. The van der Waals surface area contributed by atoms with E-state index >= 15 is 0 Å². The van der Waals surface area contributed by atoms with Crippen molar-refractivity contribution in [3.05, 3.63) is 168 Å². The van der Waals surface area contributed by atoms with Gasteiger partial charge in [-0.3, -0.25) is 0 Å². The first-order chi connectivity index (χ1) is 24.8. The number of nitrogens with zero attached hydrogens (tertiary/aromatic N) is 2. The maximum atomic E-state index is 2.40. The number of anilines is 6. The molecule has 0 amide bonds. The van der Waals surface area contributed by atoms with Crippen LogP contribution in [0.4, 0.5) is 34.1 Å². The Morgan fingerprint density at radius 1 is 0.327 bits per heavy atom. The zero-order valence-corrected chi connectivity index (χ0v) is 31.8. The maximum Gasteiger partial charge on any atom is 0.0473 e. The Labute approximate surface area is 309 Å². The number of hydrogen-bond donors (Lipinski definition) is 0. The minimum atomic E-state index is 0.0944. The van der Waals surface area contributed by atoms with Crippen molar-refractivity contribution in [2.45, 2.75) is 66.2 Å². The standard InChI is InChI=1S/C50H48N2/c1-33-11-9-13-43(27-33)51(41-23-19-39(20-24-41)49(3,4)5)45-29-35-15-17-37-31-46(32-38-18-16-36(30-45)47(35)48(37)38)52(44-14-10-12-34(2)28-44)42-25-21-40(22-26-42)50(6,7)8/h9-32H,1-8H3. The van der Waals surface area contributed by atoms with Crippen LogP contribution in [0.5, 0.6) is 0 Å². The summed E-state index contributed by atoms with van der Waals surface area (Å²) in [6, 6.07) is 54.5. The second kappa shape index (κ2) is 12.6. The van der Waals surface area contributed by atoms with E-state index in [1.54, 1.807) is 0 Å². The van der Waals surface area contributed by atoms with Gasteiger partial charge < -0.3 is 9.80 Å². The zero-order chi connectivity index (χ0) is 36.4. The summed E-state index contributed by atoms with van der Waals surface area (Å²) in [5.41, 5.74) is 12.3. The number of hydrogen-bond acceptors (Lipinski definition) is 2. The average Bonchev–Trinajstić information content (AvgIpc) is 3.10. The van der Waals surface area contributed by atoms with Gasteiger partial charge in [0.05, 0.1) is 0 Å². The molecule has 0 saturated carbocycles. The van der Waals surface area contributed by atoms with Crippen molar-refractivity contribution in [3.63, 3.8) is 0 Å². The molecule has 0 aliphatic carbocycles. The van der Waals surface area contributed by atoms with E-state index < -0.39 is 0 Å². The summed E-state index contributed by atoms with van der Waals surface area (Å²) >= 11 is 0. The largest absolute Gasteiger partial charge is 0.310 e. The van der Waals surface area contributed by atoms with E-state index in [0.29, 0.717) is 0 Å². The third-order valence-electron chi connectivity index (χ3n) is 10.5. The highest BCUT2D eigenvalue weighted by atomic mass is 15.1. The van der Waals surface area contributed by atoms with E-state index in [1.807, 2.05) is 0 Å². The lowest BCUT2D eigenvalue weighted by Gasteiger charge is -2.29. The molecule has 8 aromatic rings. The summed E-state index contributed by atoms with van der Waals surface area (Å²) in [6.45, 7) is 18.0. The summed E-state index contributed by atoms with van der Waals surface area (Å²) in [4.78, 5) is 4.80. The monoisotopic (exact) mass is 676 g/mol. The molecule has 0 aromatic heterocycles. The lowest BCUT2D eigenvalue weighted by molar-refractivity contribution is 0.590. The van der Waals surface area contributed by atoms with Crippen molar-refractivity contribution in [2.75, 3.05) is 9.80 Å². The number of rotatable bonds is 6. The molecule has 8 rings (SSSR count). The van der Waals surface area contributed by atoms with Gasteiger partial charge in [-0.2, -0.15) is 0 Å². The summed E-state index contributed by atoms with van der Waals surface area (Å²) in [5, 5.41) is 7.61. The van der Waals surface area contributed by atoms with Crippen molar-refractivity contribution in [1.29, 1.82) is 0 Å². The first kappa shape index (κ1) is 33.5. The third kappa shape index (κ3) is 6.17. The van der Waals surface area contributed by atoms with E-state index in [9.17, 15) is 0 Å². The summed E-state index contributed by atoms with van der Waals surface area (Å²) in [7, 11) is 0. The molecule has 0 spiro atoms. The molecule has 0 atom stereocenters. The van der Waals surface area contributed by atoms with Gasteiger partial charge in [0, 0.05) is 34.1 Å². The van der Waals surface area contributed by atoms with Crippen LogP contribution in [0, 0.1) is 13.8 Å². The molecule has 0 radical (unpaired) electrons. The molecule has 0 unspecified atom stereocenters. The first-order valence-electron chi connectivity index (χ1n) is 18.5. The Bertz CT molecular complexity index is 2300. The Kier molecular flexibility index (Phi) is 8.10. The van der Waals surface area contributed by atoms with Crippen molar-refractivity contribution in [2.24, 2.45) is 0 Å². The Morgan fingerprint density at radius 2 is 0.654 bits per heavy atom. The summed E-state index contributed by atoms with van der Waals surface area (Å²) in [5.74, 6) is 0. The number of aryl methyl sites for hydroxylation is 2. The van der Waals surface area contributed by atoms with E-state index in [1.165, 1.54) is 54.6 Å². The topological polar surface area (TPSA) is 6.48 Å². The van der Waals surface area contributed by atoms with Gasteiger partial charge in [0.25, 0.3) is 0 Å². The van der Waals surface area contributed by atoms with Crippen molar-refractivity contribution < 1.29 is 0 Å². The molecular weight excluding hydrogens is 629 g/mol. The van der Waals surface area contributed by atoms with Crippen LogP contribution in [0.1, 0.15) is 63.8 Å². The van der Waals surface area contributed by atoms with Crippen molar-refractivity contribution >= 4 is 66.4 Å². The molecule has 0 saturated heterocycles. The molecule has 8 aromatic carbocycles. The molecule has 52 heavy (non-hydrogen) atoms. The SMILES string of the molecule is Cc1cccc(N(c2ccc(C(C)(C)C)cc2)c2cc3ccc4cc(N(c5ccc(C(C)(C)C)cc5)c5cccc(C)c5)cc5ccc(c2)c3c45)c1. The highest BCUT2D eigenvalue weighted by Gasteiger charge is 2.21. The molecule has 0 aliphatic heterocycles. The molecule has 0 aliphatic rings. The molecule has 2 nitrogen and oxygen atoms in total.